The smallest absolute Gasteiger partial charge is 0.150 e. The van der Waals surface area contributed by atoms with E-state index < -0.39 is 0 Å². The monoisotopic (exact) mass is 282 g/mol. The molecule has 0 unspecified atom stereocenters. The van der Waals surface area contributed by atoms with Crippen molar-refractivity contribution in [3.8, 4) is 10.7 Å². The zero-order chi connectivity index (χ0) is 13.9. The first-order chi connectivity index (χ1) is 9.74. The van der Waals surface area contributed by atoms with Crippen LogP contribution in [-0.2, 0) is 6.54 Å². The quantitative estimate of drug-likeness (QED) is 0.570. The maximum Gasteiger partial charge on any atom is 0.150 e. The lowest BCUT2D eigenvalue weighted by atomic mass is 10.1. The molecule has 0 spiro atoms. The fourth-order valence-electron chi connectivity index (χ4n) is 2.05. The number of nitrogens with one attached hydrogen (secondary N) is 1. The summed E-state index contributed by atoms with van der Waals surface area (Å²) in [5, 5.41) is 9.45. The summed E-state index contributed by atoms with van der Waals surface area (Å²) in [4.78, 5) is 5.58. The number of imidazole rings is 1. The number of hydrogen-bond acceptors (Lipinski definition) is 3. The minimum atomic E-state index is 0.0958. The van der Waals surface area contributed by atoms with Crippen molar-refractivity contribution in [1.82, 2.24) is 9.55 Å². The molecule has 1 aromatic carbocycles. The second kappa shape index (κ2) is 5.30. The Kier molecular flexibility index (Phi) is 3.35. The third-order valence-corrected chi connectivity index (χ3v) is 3.94. The standard InChI is InChI=1S/C15H14N4S/c16-14(17)12-5-3-11(4-6-12)10-19-8-7-18-15(19)13-2-1-9-20-13/h1-9H,10H2,(H3,16,17). The first kappa shape index (κ1) is 12.6. The van der Waals surface area contributed by atoms with Crippen LogP contribution in [0.4, 0.5) is 0 Å². The molecular weight excluding hydrogens is 268 g/mol. The number of thiophene rings is 1. The minimum Gasteiger partial charge on any atom is -0.384 e. The SMILES string of the molecule is N=C(N)c1ccc(Cn2ccnc2-c2cccs2)cc1. The van der Waals surface area contributed by atoms with Gasteiger partial charge in [0.15, 0.2) is 0 Å². The molecule has 0 amide bonds. The van der Waals surface area contributed by atoms with Gasteiger partial charge in [-0.1, -0.05) is 30.3 Å². The number of benzene rings is 1. The molecule has 0 bridgehead atoms. The Hall–Kier alpha value is -2.40. The summed E-state index contributed by atoms with van der Waals surface area (Å²) < 4.78 is 2.12. The lowest BCUT2D eigenvalue weighted by molar-refractivity contribution is 0.808. The Morgan fingerprint density at radius 1 is 1.25 bits per heavy atom. The average molecular weight is 282 g/mol. The molecule has 0 fully saturated rings. The largest absolute Gasteiger partial charge is 0.384 e. The van der Waals surface area contributed by atoms with Crippen molar-refractivity contribution >= 4 is 17.2 Å². The Morgan fingerprint density at radius 3 is 2.70 bits per heavy atom. The summed E-state index contributed by atoms with van der Waals surface area (Å²) in [7, 11) is 0. The normalized spacial score (nSPS) is 10.6. The minimum absolute atomic E-state index is 0.0958. The number of hydrogen-bond donors (Lipinski definition) is 2. The van der Waals surface area contributed by atoms with E-state index in [2.05, 4.69) is 21.0 Å². The molecule has 0 aliphatic carbocycles. The van der Waals surface area contributed by atoms with Crippen molar-refractivity contribution in [1.29, 1.82) is 5.41 Å². The van der Waals surface area contributed by atoms with Gasteiger partial charge in [0.25, 0.3) is 0 Å². The lowest BCUT2D eigenvalue weighted by Gasteiger charge is -2.07. The molecule has 0 radical (unpaired) electrons. The second-order valence-electron chi connectivity index (χ2n) is 4.47. The molecule has 3 N–H and O–H groups in total. The molecule has 5 heteroatoms. The van der Waals surface area contributed by atoms with Gasteiger partial charge in [0, 0.05) is 24.5 Å². The predicted molar refractivity (Wildman–Crippen MR) is 82.1 cm³/mol. The van der Waals surface area contributed by atoms with E-state index in [1.807, 2.05) is 42.7 Å². The maximum atomic E-state index is 7.39. The van der Waals surface area contributed by atoms with Crippen molar-refractivity contribution in [2.24, 2.45) is 5.73 Å². The number of amidine groups is 1. The highest BCUT2D eigenvalue weighted by atomic mass is 32.1. The van der Waals surface area contributed by atoms with E-state index in [9.17, 15) is 0 Å². The van der Waals surface area contributed by atoms with Gasteiger partial charge in [-0.15, -0.1) is 11.3 Å². The van der Waals surface area contributed by atoms with Gasteiger partial charge in [0.1, 0.15) is 11.7 Å². The molecule has 2 aromatic heterocycles. The van der Waals surface area contributed by atoms with Crippen molar-refractivity contribution in [2.75, 3.05) is 0 Å². The highest BCUT2D eigenvalue weighted by Gasteiger charge is 2.07. The van der Waals surface area contributed by atoms with E-state index in [1.54, 1.807) is 11.3 Å². The molecule has 20 heavy (non-hydrogen) atoms. The molecular formula is C15H14N4S. The van der Waals surface area contributed by atoms with E-state index >= 15 is 0 Å². The predicted octanol–water partition coefficient (Wildman–Crippen LogP) is 2.94. The first-order valence-corrected chi connectivity index (χ1v) is 7.10. The van der Waals surface area contributed by atoms with Gasteiger partial charge in [-0.2, -0.15) is 0 Å². The topological polar surface area (TPSA) is 67.7 Å². The molecule has 0 aliphatic rings. The molecule has 3 aromatic rings. The Labute approximate surface area is 121 Å². The average Bonchev–Trinajstić information content (AvgIpc) is 3.09. The summed E-state index contributed by atoms with van der Waals surface area (Å²) in [6.07, 6.45) is 3.80. The van der Waals surface area contributed by atoms with E-state index in [1.165, 1.54) is 0 Å². The lowest BCUT2D eigenvalue weighted by Crippen LogP contribution is -2.11. The Bertz CT molecular complexity index is 711. The Morgan fingerprint density at radius 2 is 2.05 bits per heavy atom. The summed E-state index contributed by atoms with van der Waals surface area (Å²) in [6, 6.07) is 11.8. The Balaban J connectivity index is 1.85. The third kappa shape index (κ3) is 2.48. The van der Waals surface area contributed by atoms with E-state index in [4.69, 9.17) is 11.1 Å². The zero-order valence-corrected chi connectivity index (χ0v) is 11.6. The van der Waals surface area contributed by atoms with Gasteiger partial charge >= 0.3 is 0 Å². The highest BCUT2D eigenvalue weighted by molar-refractivity contribution is 7.13. The number of rotatable bonds is 4. The highest BCUT2D eigenvalue weighted by Crippen LogP contribution is 2.23. The number of nitrogen functional groups attached to an aromatic ring is 1. The second-order valence-corrected chi connectivity index (χ2v) is 5.41. The van der Waals surface area contributed by atoms with Gasteiger partial charge in [-0.3, -0.25) is 5.41 Å². The van der Waals surface area contributed by atoms with Crippen LogP contribution in [0, 0.1) is 5.41 Å². The van der Waals surface area contributed by atoms with Crippen LogP contribution in [0.25, 0.3) is 10.7 Å². The van der Waals surface area contributed by atoms with Crippen LogP contribution < -0.4 is 5.73 Å². The van der Waals surface area contributed by atoms with Gasteiger partial charge in [-0.05, 0) is 17.0 Å². The summed E-state index contributed by atoms with van der Waals surface area (Å²) in [5.41, 5.74) is 7.36. The van der Waals surface area contributed by atoms with Crippen LogP contribution >= 0.6 is 11.3 Å². The molecule has 3 rings (SSSR count). The van der Waals surface area contributed by atoms with Gasteiger partial charge in [-0.25, -0.2) is 4.98 Å². The summed E-state index contributed by atoms with van der Waals surface area (Å²) in [5.74, 6) is 1.08. The maximum absolute atomic E-state index is 7.39. The van der Waals surface area contributed by atoms with Crippen molar-refractivity contribution in [3.63, 3.8) is 0 Å². The fourth-order valence-corrected chi connectivity index (χ4v) is 2.79. The third-order valence-electron chi connectivity index (χ3n) is 3.07. The summed E-state index contributed by atoms with van der Waals surface area (Å²) in [6.45, 7) is 0.755. The van der Waals surface area contributed by atoms with Crippen LogP contribution in [0.2, 0.25) is 0 Å². The molecule has 0 aliphatic heterocycles. The van der Waals surface area contributed by atoms with Crippen LogP contribution in [0.5, 0.6) is 0 Å². The molecule has 0 saturated carbocycles. The number of aromatic nitrogens is 2. The molecule has 0 atom stereocenters. The van der Waals surface area contributed by atoms with E-state index in [0.29, 0.717) is 0 Å². The zero-order valence-electron chi connectivity index (χ0n) is 10.8. The van der Waals surface area contributed by atoms with Crippen molar-refractivity contribution in [3.05, 3.63) is 65.3 Å². The van der Waals surface area contributed by atoms with Crippen LogP contribution in [0.3, 0.4) is 0 Å². The van der Waals surface area contributed by atoms with Gasteiger partial charge in [0.2, 0.25) is 0 Å². The van der Waals surface area contributed by atoms with Crippen LogP contribution in [-0.4, -0.2) is 15.4 Å². The van der Waals surface area contributed by atoms with Crippen molar-refractivity contribution < 1.29 is 0 Å². The fraction of sp³-hybridized carbons (Fsp3) is 0.0667. The van der Waals surface area contributed by atoms with E-state index in [0.717, 1.165) is 28.4 Å². The number of nitrogens with two attached hydrogens (primary N) is 1. The first-order valence-electron chi connectivity index (χ1n) is 6.22. The van der Waals surface area contributed by atoms with Crippen LogP contribution in [0.15, 0.2) is 54.2 Å². The molecule has 100 valence electrons. The molecule has 2 heterocycles. The van der Waals surface area contributed by atoms with Gasteiger partial charge in [0.05, 0.1) is 4.88 Å². The van der Waals surface area contributed by atoms with E-state index in [-0.39, 0.29) is 5.84 Å². The van der Waals surface area contributed by atoms with Gasteiger partial charge < -0.3 is 10.3 Å². The molecule has 4 nitrogen and oxygen atoms in total. The number of nitrogens with zero attached hydrogens (tertiary/aromatic N) is 2. The summed E-state index contributed by atoms with van der Waals surface area (Å²) >= 11 is 1.68. The molecule has 0 saturated heterocycles. The van der Waals surface area contributed by atoms with Crippen molar-refractivity contribution in [2.45, 2.75) is 6.54 Å². The van der Waals surface area contributed by atoms with Crippen LogP contribution in [0.1, 0.15) is 11.1 Å².